The maximum atomic E-state index is 11.3. The van der Waals surface area contributed by atoms with E-state index in [2.05, 4.69) is 5.32 Å². The molecule has 0 aromatic heterocycles. The number of carbonyl (C=O) groups excluding carboxylic acids is 2. The van der Waals surface area contributed by atoms with Crippen LogP contribution >= 0.6 is 0 Å². The predicted octanol–water partition coefficient (Wildman–Crippen LogP) is -4.17. The number of amides is 1. The molecule has 9 heteroatoms. The van der Waals surface area contributed by atoms with Crippen molar-refractivity contribution in [2.45, 2.75) is 33.3 Å². The molecular weight excluding hydrogens is 345 g/mol. The van der Waals surface area contributed by atoms with Crippen molar-refractivity contribution < 1.29 is 86.2 Å². The van der Waals surface area contributed by atoms with E-state index in [-0.39, 0.29) is 71.0 Å². The van der Waals surface area contributed by atoms with Crippen molar-refractivity contribution >= 4 is 17.8 Å². The molecule has 0 radical (unpaired) electrons. The van der Waals surface area contributed by atoms with Crippen LogP contribution in [0.2, 0.25) is 0 Å². The molecule has 1 amide bonds. The number of allylic oxidation sites excluding steroid dienone is 3. The van der Waals surface area contributed by atoms with Crippen molar-refractivity contribution in [1.82, 2.24) is 5.32 Å². The molecule has 0 aromatic carbocycles. The van der Waals surface area contributed by atoms with Crippen LogP contribution in [0, 0.1) is 5.41 Å². The van der Waals surface area contributed by atoms with Gasteiger partial charge in [0.15, 0.2) is 0 Å². The summed E-state index contributed by atoms with van der Waals surface area (Å²) in [4.78, 5) is 31.1. The van der Waals surface area contributed by atoms with Crippen LogP contribution in [0.3, 0.4) is 0 Å². The summed E-state index contributed by atoms with van der Waals surface area (Å²) in [7, 11) is 0. The fourth-order valence-corrected chi connectivity index (χ4v) is 1.08. The Bertz CT molecular complexity index is 447. The number of carboxylic acid groups (broad SMARTS) is 2. The van der Waals surface area contributed by atoms with Gasteiger partial charge >= 0.3 is 57.4 Å². The first-order valence-corrected chi connectivity index (χ1v) is 6.87. The van der Waals surface area contributed by atoms with Gasteiger partial charge in [0.2, 0.25) is 5.91 Å². The normalized spacial score (nSPS) is 12.0. The van der Waals surface area contributed by atoms with E-state index in [0.717, 1.165) is 6.08 Å². The Balaban J connectivity index is -0.000000419. The average molecular weight is 369 g/mol. The molecule has 0 unspecified atom stereocenters. The second kappa shape index (κ2) is 15.9. The maximum Gasteiger partial charge on any atom is 1.00 e. The first kappa shape index (κ1) is 28.3. The minimum Gasteiger partial charge on any atom is -0.545 e. The summed E-state index contributed by atoms with van der Waals surface area (Å²) in [5.41, 5.74) is -0.937. The molecule has 132 valence electrons. The number of hydrogen-bond donors (Lipinski definition) is 4. The van der Waals surface area contributed by atoms with Gasteiger partial charge in [-0.15, -0.1) is 0 Å². The predicted molar refractivity (Wildman–Crippen MR) is 81.1 cm³/mol. The Hall–Kier alpha value is -0.554. The number of aliphatic carboxylic acids is 2. The van der Waals surface area contributed by atoms with Crippen molar-refractivity contribution in [3.63, 3.8) is 0 Å². The molecule has 0 spiro atoms. The SMILES string of the molecule is C/C=C/C=C/C(=O)[O-].CC(C)(CO)[C@@H](O)C(=O)NCCC(=O)O.[K+]. The zero-order chi connectivity index (χ0) is 18.5. The first-order chi connectivity index (χ1) is 10.6. The summed E-state index contributed by atoms with van der Waals surface area (Å²) in [6, 6.07) is 0. The average Bonchev–Trinajstić information content (AvgIpc) is 2.46. The van der Waals surface area contributed by atoms with E-state index in [1.165, 1.54) is 19.9 Å². The van der Waals surface area contributed by atoms with Gasteiger partial charge in [-0.1, -0.05) is 32.1 Å². The Kier molecular flexibility index (Phi) is 18.8. The van der Waals surface area contributed by atoms with Crippen LogP contribution in [0.1, 0.15) is 27.2 Å². The smallest absolute Gasteiger partial charge is 0.545 e. The van der Waals surface area contributed by atoms with Crippen LogP contribution in [-0.4, -0.2) is 52.4 Å². The molecule has 0 aliphatic carbocycles. The van der Waals surface area contributed by atoms with Crippen LogP contribution in [0.4, 0.5) is 0 Å². The Morgan fingerprint density at radius 2 is 1.79 bits per heavy atom. The topological polar surface area (TPSA) is 147 Å². The largest absolute Gasteiger partial charge is 1.00 e. The molecule has 0 fully saturated rings. The van der Waals surface area contributed by atoms with Crippen LogP contribution in [0.5, 0.6) is 0 Å². The van der Waals surface area contributed by atoms with Crippen LogP contribution < -0.4 is 61.8 Å². The van der Waals surface area contributed by atoms with Gasteiger partial charge in [-0.3, -0.25) is 9.59 Å². The van der Waals surface area contributed by atoms with Crippen molar-refractivity contribution in [3.05, 3.63) is 24.3 Å². The fraction of sp³-hybridized carbons (Fsp3) is 0.533. The summed E-state index contributed by atoms with van der Waals surface area (Å²) in [6.45, 7) is 4.51. The molecule has 0 rings (SSSR count). The van der Waals surface area contributed by atoms with Gasteiger partial charge in [0.05, 0.1) is 19.0 Å². The number of rotatable bonds is 8. The Morgan fingerprint density at radius 3 is 2.17 bits per heavy atom. The first-order valence-electron chi connectivity index (χ1n) is 6.87. The van der Waals surface area contributed by atoms with E-state index in [1.54, 1.807) is 19.1 Å². The zero-order valence-corrected chi connectivity index (χ0v) is 17.6. The Morgan fingerprint density at radius 1 is 1.25 bits per heavy atom. The molecule has 0 saturated heterocycles. The van der Waals surface area contributed by atoms with Gasteiger partial charge in [-0.05, 0) is 13.0 Å². The minimum absolute atomic E-state index is 0. The molecule has 0 heterocycles. The third-order valence-corrected chi connectivity index (χ3v) is 2.57. The number of aliphatic hydroxyl groups is 2. The van der Waals surface area contributed by atoms with E-state index >= 15 is 0 Å². The molecule has 0 aliphatic rings. The Labute approximate surface area is 184 Å². The second-order valence-corrected chi connectivity index (χ2v) is 5.19. The monoisotopic (exact) mass is 369 g/mol. The van der Waals surface area contributed by atoms with E-state index in [0.29, 0.717) is 0 Å². The van der Waals surface area contributed by atoms with Gasteiger partial charge in [-0.2, -0.15) is 0 Å². The zero-order valence-electron chi connectivity index (χ0n) is 14.5. The van der Waals surface area contributed by atoms with Crippen molar-refractivity contribution in [2.75, 3.05) is 13.2 Å². The molecule has 0 bridgehead atoms. The molecule has 0 aromatic rings. The van der Waals surface area contributed by atoms with Crippen molar-refractivity contribution in [1.29, 1.82) is 0 Å². The van der Waals surface area contributed by atoms with Gasteiger partial charge in [0, 0.05) is 12.0 Å². The van der Waals surface area contributed by atoms with Crippen molar-refractivity contribution in [2.24, 2.45) is 5.41 Å². The quantitative estimate of drug-likeness (QED) is 0.193. The van der Waals surface area contributed by atoms with E-state index in [4.69, 9.17) is 10.2 Å². The summed E-state index contributed by atoms with van der Waals surface area (Å²) < 4.78 is 0. The molecule has 1 atom stereocenters. The van der Waals surface area contributed by atoms with Crippen molar-refractivity contribution in [3.8, 4) is 0 Å². The van der Waals surface area contributed by atoms with Gasteiger partial charge in [-0.25, -0.2) is 0 Å². The fourth-order valence-electron chi connectivity index (χ4n) is 1.08. The third-order valence-electron chi connectivity index (χ3n) is 2.57. The molecule has 8 nitrogen and oxygen atoms in total. The van der Waals surface area contributed by atoms with Gasteiger partial charge in [0.25, 0.3) is 0 Å². The van der Waals surface area contributed by atoms with Gasteiger partial charge < -0.3 is 30.5 Å². The molecule has 4 N–H and O–H groups in total. The standard InChI is InChI=1S/C9H17NO5.C6H8O2.K/c1-9(2,5-11)7(14)8(15)10-4-3-6(12)13;1-2-3-4-5-6(7)8;/h7,11,14H,3-5H2,1-2H3,(H,10,15)(H,12,13);2-5H,1H3,(H,7,8);/q;;+1/p-1/b;3-2+,5-4+;/t7-;;/m0../s1. The molecule has 0 aliphatic heterocycles. The molecular formula is C15H24KNO7. The minimum atomic E-state index is -1.35. The number of nitrogens with one attached hydrogen (secondary N) is 1. The molecule has 0 saturated carbocycles. The number of carboxylic acids is 2. The molecule has 24 heavy (non-hydrogen) atoms. The van der Waals surface area contributed by atoms with E-state index in [9.17, 15) is 24.6 Å². The van der Waals surface area contributed by atoms with E-state index in [1.807, 2.05) is 0 Å². The van der Waals surface area contributed by atoms with E-state index < -0.39 is 29.4 Å². The summed E-state index contributed by atoms with van der Waals surface area (Å²) in [5.74, 6) is -2.86. The van der Waals surface area contributed by atoms with Crippen LogP contribution in [0.25, 0.3) is 0 Å². The second-order valence-electron chi connectivity index (χ2n) is 5.19. The summed E-state index contributed by atoms with van der Waals surface area (Å²) in [6.07, 6.45) is 4.19. The summed E-state index contributed by atoms with van der Waals surface area (Å²) >= 11 is 0. The maximum absolute atomic E-state index is 11.3. The van der Waals surface area contributed by atoms with Crippen LogP contribution in [-0.2, 0) is 14.4 Å². The number of carbonyl (C=O) groups is 3. The summed E-state index contributed by atoms with van der Waals surface area (Å²) in [5, 5.41) is 38.6. The number of aliphatic hydroxyl groups excluding tert-OH is 2. The number of hydrogen-bond acceptors (Lipinski definition) is 6. The van der Waals surface area contributed by atoms with Crippen LogP contribution in [0.15, 0.2) is 24.3 Å². The third kappa shape index (κ3) is 16.3. The van der Waals surface area contributed by atoms with Gasteiger partial charge in [0.1, 0.15) is 6.10 Å².